The molecule has 0 amide bonds. The Hall–Kier alpha value is -1.69. The Balaban J connectivity index is 1.99. The maximum atomic E-state index is 11.1. The fraction of sp³-hybridized carbons (Fsp3) is 0.615. The zero-order chi connectivity index (χ0) is 13.5. The third-order valence-corrected chi connectivity index (χ3v) is 4.38. The topological polar surface area (TPSA) is 79.5 Å². The molecule has 0 radical (unpaired) electrons. The Morgan fingerprint density at radius 3 is 2.95 bits per heavy atom. The molecule has 3 rings (SSSR count). The molecule has 0 aromatic carbocycles. The second-order valence-electron chi connectivity index (χ2n) is 5.48. The van der Waals surface area contributed by atoms with Crippen LogP contribution in [0, 0.1) is 10.1 Å². The number of hydrogen-bond acceptors (Lipinski definition) is 5. The molecule has 1 atom stereocenters. The molecule has 102 valence electrons. The van der Waals surface area contributed by atoms with Gasteiger partial charge in [-0.25, -0.2) is 4.98 Å². The normalized spacial score (nSPS) is 25.1. The lowest BCUT2D eigenvalue weighted by Gasteiger charge is -2.54. The molecule has 19 heavy (non-hydrogen) atoms. The number of piperidine rings is 1. The van der Waals surface area contributed by atoms with Gasteiger partial charge in [0.05, 0.1) is 11.0 Å². The van der Waals surface area contributed by atoms with Crippen molar-refractivity contribution in [3.63, 3.8) is 0 Å². The van der Waals surface area contributed by atoms with Crippen molar-refractivity contribution in [2.45, 2.75) is 43.7 Å². The first-order valence-electron chi connectivity index (χ1n) is 6.67. The predicted molar refractivity (Wildman–Crippen MR) is 70.1 cm³/mol. The summed E-state index contributed by atoms with van der Waals surface area (Å²) in [5.41, 5.74) is -0.0540. The maximum Gasteiger partial charge on any atom is 0.311 e. The van der Waals surface area contributed by atoms with Crippen LogP contribution in [-0.4, -0.2) is 33.2 Å². The average molecular weight is 263 g/mol. The van der Waals surface area contributed by atoms with Gasteiger partial charge in [-0.15, -0.1) is 0 Å². The van der Waals surface area contributed by atoms with Crippen LogP contribution >= 0.6 is 0 Å². The zero-order valence-electron chi connectivity index (χ0n) is 10.7. The standard InChI is InChI=1S/C13H17N3O3/c17-10-4-8-15(13(9-10)5-2-6-13)12-11(16(18)19)3-1-7-14-12/h1,3,7,10,17H,2,4-6,8-9H2. The largest absolute Gasteiger partial charge is 0.393 e. The Morgan fingerprint density at radius 1 is 1.53 bits per heavy atom. The van der Waals surface area contributed by atoms with E-state index in [1.165, 1.54) is 6.07 Å². The SMILES string of the molecule is O=[N+]([O-])c1cccnc1N1CCC(O)CC12CCC2. The van der Waals surface area contributed by atoms with E-state index in [-0.39, 0.29) is 22.3 Å². The average Bonchev–Trinajstić information content (AvgIpc) is 2.36. The van der Waals surface area contributed by atoms with E-state index < -0.39 is 0 Å². The number of aromatic nitrogens is 1. The first-order valence-corrected chi connectivity index (χ1v) is 6.67. The second kappa shape index (κ2) is 4.45. The van der Waals surface area contributed by atoms with Crippen LogP contribution in [0.5, 0.6) is 0 Å². The fourth-order valence-corrected chi connectivity index (χ4v) is 3.29. The molecule has 1 saturated heterocycles. The van der Waals surface area contributed by atoms with Gasteiger partial charge in [0, 0.05) is 24.3 Å². The van der Waals surface area contributed by atoms with Crippen molar-refractivity contribution in [1.29, 1.82) is 0 Å². The van der Waals surface area contributed by atoms with E-state index in [4.69, 9.17) is 0 Å². The molecular weight excluding hydrogens is 246 g/mol. The highest BCUT2D eigenvalue weighted by Crippen LogP contribution is 2.47. The molecule has 1 aromatic rings. The summed E-state index contributed by atoms with van der Waals surface area (Å²) in [5.74, 6) is 0.458. The van der Waals surface area contributed by atoms with Crippen LogP contribution in [0.25, 0.3) is 0 Å². The number of nitrogens with zero attached hydrogens (tertiary/aromatic N) is 3. The van der Waals surface area contributed by atoms with E-state index in [2.05, 4.69) is 9.88 Å². The van der Waals surface area contributed by atoms with Gasteiger partial charge in [0.2, 0.25) is 5.82 Å². The Kier molecular flexibility index (Phi) is 2.89. The lowest BCUT2D eigenvalue weighted by Crippen LogP contribution is -2.60. The number of anilines is 1. The van der Waals surface area contributed by atoms with Crippen LogP contribution < -0.4 is 4.90 Å². The summed E-state index contributed by atoms with van der Waals surface area (Å²) in [6.45, 7) is 0.638. The molecule has 0 bridgehead atoms. The van der Waals surface area contributed by atoms with Crippen LogP contribution in [0.2, 0.25) is 0 Å². The summed E-state index contributed by atoms with van der Waals surface area (Å²) in [7, 11) is 0. The molecule has 1 spiro atoms. The molecule has 2 heterocycles. The maximum absolute atomic E-state index is 11.1. The minimum atomic E-state index is -0.375. The van der Waals surface area contributed by atoms with Crippen LogP contribution in [-0.2, 0) is 0 Å². The zero-order valence-corrected chi connectivity index (χ0v) is 10.7. The summed E-state index contributed by atoms with van der Waals surface area (Å²) in [6.07, 6.45) is 5.73. The summed E-state index contributed by atoms with van der Waals surface area (Å²) >= 11 is 0. The van der Waals surface area contributed by atoms with Crippen LogP contribution in [0.15, 0.2) is 18.3 Å². The lowest BCUT2D eigenvalue weighted by atomic mass is 9.69. The number of rotatable bonds is 2. The van der Waals surface area contributed by atoms with Crippen LogP contribution in [0.4, 0.5) is 11.5 Å². The molecule has 6 nitrogen and oxygen atoms in total. The molecule has 1 aliphatic heterocycles. The highest BCUT2D eigenvalue weighted by molar-refractivity contribution is 5.59. The number of pyridine rings is 1. The molecule has 1 aliphatic carbocycles. The van der Waals surface area contributed by atoms with E-state index >= 15 is 0 Å². The summed E-state index contributed by atoms with van der Waals surface area (Å²) in [5, 5.41) is 21.0. The molecule has 1 unspecified atom stereocenters. The van der Waals surface area contributed by atoms with Crippen molar-refractivity contribution in [1.82, 2.24) is 4.98 Å². The van der Waals surface area contributed by atoms with Gasteiger partial charge in [0.15, 0.2) is 0 Å². The predicted octanol–water partition coefficient (Wildman–Crippen LogP) is 1.87. The number of hydrogen-bond donors (Lipinski definition) is 1. The Bertz CT molecular complexity index is 502. The first kappa shape index (κ1) is 12.3. The van der Waals surface area contributed by atoms with Crippen molar-refractivity contribution >= 4 is 11.5 Å². The molecule has 6 heteroatoms. The molecule has 2 fully saturated rings. The molecular formula is C13H17N3O3. The van der Waals surface area contributed by atoms with Crippen LogP contribution in [0.1, 0.15) is 32.1 Å². The molecule has 2 aliphatic rings. The van der Waals surface area contributed by atoms with Crippen molar-refractivity contribution in [3.05, 3.63) is 28.4 Å². The van der Waals surface area contributed by atoms with Gasteiger partial charge >= 0.3 is 5.69 Å². The van der Waals surface area contributed by atoms with Crippen molar-refractivity contribution in [3.8, 4) is 0 Å². The van der Waals surface area contributed by atoms with Crippen molar-refractivity contribution in [2.24, 2.45) is 0 Å². The van der Waals surface area contributed by atoms with Crippen molar-refractivity contribution in [2.75, 3.05) is 11.4 Å². The highest BCUT2D eigenvalue weighted by atomic mass is 16.6. The van der Waals surface area contributed by atoms with E-state index in [1.54, 1.807) is 12.3 Å². The van der Waals surface area contributed by atoms with Gasteiger partial charge < -0.3 is 10.0 Å². The third-order valence-electron chi connectivity index (χ3n) is 4.38. The fourth-order valence-electron chi connectivity index (χ4n) is 3.29. The van der Waals surface area contributed by atoms with Crippen molar-refractivity contribution < 1.29 is 10.0 Å². The monoisotopic (exact) mass is 263 g/mol. The number of aliphatic hydroxyl groups excluding tert-OH is 1. The summed E-state index contributed by atoms with van der Waals surface area (Å²) in [4.78, 5) is 17.0. The van der Waals surface area contributed by atoms with E-state index in [0.717, 1.165) is 19.3 Å². The minimum Gasteiger partial charge on any atom is -0.393 e. The minimum absolute atomic E-state index is 0.0603. The molecule has 1 saturated carbocycles. The lowest BCUT2D eigenvalue weighted by molar-refractivity contribution is -0.384. The molecule has 1 N–H and O–H groups in total. The smallest absolute Gasteiger partial charge is 0.311 e. The van der Waals surface area contributed by atoms with Gasteiger partial charge in [-0.2, -0.15) is 0 Å². The summed E-state index contributed by atoms with van der Waals surface area (Å²) < 4.78 is 0. The van der Waals surface area contributed by atoms with E-state index in [9.17, 15) is 15.2 Å². The van der Waals surface area contributed by atoms with Gasteiger partial charge in [-0.1, -0.05) is 0 Å². The Labute approximate surface area is 111 Å². The van der Waals surface area contributed by atoms with Crippen LogP contribution in [0.3, 0.4) is 0 Å². The van der Waals surface area contributed by atoms with Gasteiger partial charge in [0.25, 0.3) is 0 Å². The first-order chi connectivity index (χ1) is 9.12. The van der Waals surface area contributed by atoms with E-state index in [0.29, 0.717) is 25.2 Å². The van der Waals surface area contributed by atoms with E-state index in [1.807, 2.05) is 0 Å². The number of aliphatic hydroxyl groups is 1. The summed E-state index contributed by atoms with van der Waals surface area (Å²) in [6, 6.07) is 3.09. The highest BCUT2D eigenvalue weighted by Gasteiger charge is 2.48. The quantitative estimate of drug-likeness (QED) is 0.651. The third kappa shape index (κ3) is 1.96. The van der Waals surface area contributed by atoms with Gasteiger partial charge in [-0.05, 0) is 38.2 Å². The molecule has 1 aromatic heterocycles. The second-order valence-corrected chi connectivity index (χ2v) is 5.48. The number of nitro groups is 1. The Morgan fingerprint density at radius 2 is 2.32 bits per heavy atom. The van der Waals surface area contributed by atoms with Gasteiger partial charge in [0.1, 0.15) is 0 Å². The van der Waals surface area contributed by atoms with Gasteiger partial charge in [-0.3, -0.25) is 10.1 Å².